The predicted molar refractivity (Wildman–Crippen MR) is 62.2 cm³/mol. The van der Waals surface area contributed by atoms with Crippen molar-refractivity contribution in [1.29, 1.82) is 0 Å². The van der Waals surface area contributed by atoms with Crippen LogP contribution in [0.3, 0.4) is 0 Å². The fourth-order valence-electron chi connectivity index (χ4n) is 1.37. The third-order valence-corrected chi connectivity index (χ3v) is 2.18. The number of hydrogen-bond donors (Lipinski definition) is 2. The van der Waals surface area contributed by atoms with Crippen molar-refractivity contribution in [1.82, 2.24) is 15.2 Å². The molecular formula is C11H14N4O. The predicted octanol–water partition coefficient (Wildman–Crippen LogP) is 1.53. The summed E-state index contributed by atoms with van der Waals surface area (Å²) < 4.78 is 4.95. The van der Waals surface area contributed by atoms with Crippen molar-refractivity contribution in [2.75, 3.05) is 25.6 Å². The highest BCUT2D eigenvalue weighted by atomic mass is 16.5. The number of aromatic nitrogens is 3. The molecule has 5 heteroatoms. The van der Waals surface area contributed by atoms with Gasteiger partial charge in [-0.1, -0.05) is 0 Å². The van der Waals surface area contributed by atoms with Crippen LogP contribution in [-0.2, 0) is 4.74 Å². The van der Waals surface area contributed by atoms with Crippen molar-refractivity contribution in [2.45, 2.75) is 0 Å². The Balaban J connectivity index is 2.02. The van der Waals surface area contributed by atoms with Gasteiger partial charge in [0.25, 0.3) is 0 Å². The maximum absolute atomic E-state index is 4.95. The highest BCUT2D eigenvalue weighted by Gasteiger charge is 2.02. The van der Waals surface area contributed by atoms with E-state index in [-0.39, 0.29) is 0 Å². The summed E-state index contributed by atoms with van der Waals surface area (Å²) in [5.74, 6) is 0.823. The lowest BCUT2D eigenvalue weighted by atomic mass is 10.2. The first kappa shape index (κ1) is 10.6. The molecule has 0 unspecified atom stereocenters. The van der Waals surface area contributed by atoms with E-state index in [1.54, 1.807) is 19.5 Å². The number of nitrogens with one attached hydrogen (secondary N) is 2. The molecule has 0 atom stereocenters. The summed E-state index contributed by atoms with van der Waals surface area (Å²) in [7, 11) is 1.68. The van der Waals surface area contributed by atoms with Gasteiger partial charge < -0.3 is 10.1 Å². The van der Waals surface area contributed by atoms with Crippen LogP contribution in [0.5, 0.6) is 0 Å². The summed E-state index contributed by atoms with van der Waals surface area (Å²) in [4.78, 5) is 3.97. The van der Waals surface area contributed by atoms with E-state index in [9.17, 15) is 0 Å². The Morgan fingerprint density at radius 3 is 2.94 bits per heavy atom. The minimum absolute atomic E-state index is 0.664. The minimum atomic E-state index is 0.664. The van der Waals surface area contributed by atoms with Crippen molar-refractivity contribution in [3.8, 4) is 11.3 Å². The molecule has 0 spiro atoms. The number of anilines is 1. The first-order valence-electron chi connectivity index (χ1n) is 5.09. The van der Waals surface area contributed by atoms with Gasteiger partial charge in [0.15, 0.2) is 0 Å². The van der Waals surface area contributed by atoms with E-state index >= 15 is 0 Å². The number of pyridine rings is 1. The van der Waals surface area contributed by atoms with Gasteiger partial charge in [0, 0.05) is 37.7 Å². The van der Waals surface area contributed by atoms with Crippen molar-refractivity contribution in [3.05, 3.63) is 30.6 Å². The number of ether oxygens (including phenoxy) is 1. The van der Waals surface area contributed by atoms with Crippen molar-refractivity contribution in [3.63, 3.8) is 0 Å². The lowest BCUT2D eigenvalue weighted by Crippen LogP contribution is -2.07. The van der Waals surface area contributed by atoms with Crippen LogP contribution < -0.4 is 5.32 Å². The summed E-state index contributed by atoms with van der Waals surface area (Å²) in [6.07, 6.45) is 3.52. The summed E-state index contributed by atoms with van der Waals surface area (Å²) >= 11 is 0. The number of methoxy groups -OCH3 is 1. The van der Waals surface area contributed by atoms with E-state index < -0.39 is 0 Å². The summed E-state index contributed by atoms with van der Waals surface area (Å²) in [5.41, 5.74) is 2.05. The molecule has 2 aromatic heterocycles. The molecule has 0 aliphatic heterocycles. The molecule has 0 fully saturated rings. The molecule has 0 aromatic carbocycles. The molecule has 2 aromatic rings. The molecule has 0 bridgehead atoms. The highest BCUT2D eigenvalue weighted by molar-refractivity contribution is 5.61. The topological polar surface area (TPSA) is 62.8 Å². The van der Waals surface area contributed by atoms with Gasteiger partial charge in [-0.05, 0) is 12.1 Å². The molecule has 0 amide bonds. The van der Waals surface area contributed by atoms with Crippen molar-refractivity contribution in [2.24, 2.45) is 0 Å². The van der Waals surface area contributed by atoms with Gasteiger partial charge in [-0.3, -0.25) is 10.1 Å². The van der Waals surface area contributed by atoms with Crippen LogP contribution in [0.4, 0.5) is 5.82 Å². The zero-order valence-corrected chi connectivity index (χ0v) is 9.10. The number of nitrogens with zero attached hydrogens (tertiary/aromatic N) is 2. The molecule has 5 nitrogen and oxygen atoms in total. The van der Waals surface area contributed by atoms with E-state index in [0.29, 0.717) is 6.61 Å². The van der Waals surface area contributed by atoms with Crippen LogP contribution in [0.25, 0.3) is 11.3 Å². The average Bonchev–Trinajstić information content (AvgIpc) is 2.79. The minimum Gasteiger partial charge on any atom is -0.383 e. The number of rotatable bonds is 5. The standard InChI is InChI=1S/C11H14N4O/c1-16-7-6-13-11-8-10(14-15-11)9-2-4-12-5-3-9/h2-5,8H,6-7H2,1H3,(H2,13,14,15). The normalized spacial score (nSPS) is 10.3. The smallest absolute Gasteiger partial charge is 0.148 e. The highest BCUT2D eigenvalue weighted by Crippen LogP contribution is 2.18. The van der Waals surface area contributed by atoms with Gasteiger partial charge in [-0.15, -0.1) is 0 Å². The second-order valence-corrected chi connectivity index (χ2v) is 3.32. The largest absolute Gasteiger partial charge is 0.383 e. The first-order chi connectivity index (χ1) is 7.90. The lowest BCUT2D eigenvalue weighted by Gasteiger charge is -1.99. The van der Waals surface area contributed by atoms with Crippen LogP contribution in [0, 0.1) is 0 Å². The molecule has 0 aliphatic carbocycles. The van der Waals surface area contributed by atoms with Gasteiger partial charge in [-0.2, -0.15) is 5.10 Å². The second-order valence-electron chi connectivity index (χ2n) is 3.32. The lowest BCUT2D eigenvalue weighted by molar-refractivity contribution is 0.210. The molecule has 84 valence electrons. The molecule has 16 heavy (non-hydrogen) atoms. The van der Waals surface area contributed by atoms with Crippen LogP contribution in [0.2, 0.25) is 0 Å². The molecule has 0 saturated heterocycles. The van der Waals surface area contributed by atoms with E-state index in [0.717, 1.165) is 23.6 Å². The zero-order chi connectivity index (χ0) is 11.2. The first-order valence-corrected chi connectivity index (χ1v) is 5.09. The Hall–Kier alpha value is -1.88. The van der Waals surface area contributed by atoms with E-state index in [4.69, 9.17) is 4.74 Å². The van der Waals surface area contributed by atoms with Crippen LogP contribution in [0.1, 0.15) is 0 Å². The van der Waals surface area contributed by atoms with Gasteiger partial charge in [0.1, 0.15) is 5.82 Å². The van der Waals surface area contributed by atoms with Crippen LogP contribution in [0.15, 0.2) is 30.6 Å². The molecule has 2 rings (SSSR count). The number of hydrogen-bond acceptors (Lipinski definition) is 4. The van der Waals surface area contributed by atoms with E-state index in [2.05, 4.69) is 20.5 Å². The molecule has 0 saturated carbocycles. The number of H-pyrrole nitrogens is 1. The van der Waals surface area contributed by atoms with Crippen molar-refractivity contribution >= 4 is 5.82 Å². The summed E-state index contributed by atoms with van der Waals surface area (Å²) in [6, 6.07) is 5.84. The maximum Gasteiger partial charge on any atom is 0.148 e. The summed E-state index contributed by atoms with van der Waals surface area (Å²) in [5, 5.41) is 10.3. The van der Waals surface area contributed by atoms with E-state index in [1.807, 2.05) is 18.2 Å². The van der Waals surface area contributed by atoms with Crippen molar-refractivity contribution < 1.29 is 4.74 Å². The molecule has 2 heterocycles. The molecular weight excluding hydrogens is 204 g/mol. The van der Waals surface area contributed by atoms with Gasteiger partial charge in [-0.25, -0.2) is 0 Å². The Morgan fingerprint density at radius 2 is 2.19 bits per heavy atom. The zero-order valence-electron chi connectivity index (χ0n) is 9.10. The fourth-order valence-corrected chi connectivity index (χ4v) is 1.37. The Bertz CT molecular complexity index is 427. The van der Waals surface area contributed by atoms with Gasteiger partial charge in [0.05, 0.1) is 12.3 Å². The quantitative estimate of drug-likeness (QED) is 0.747. The number of aromatic amines is 1. The molecule has 2 N–H and O–H groups in total. The SMILES string of the molecule is COCCNc1cc(-c2ccncc2)[nH]n1. The van der Waals surface area contributed by atoms with Gasteiger partial charge in [0.2, 0.25) is 0 Å². The fraction of sp³-hybridized carbons (Fsp3) is 0.273. The van der Waals surface area contributed by atoms with Gasteiger partial charge >= 0.3 is 0 Å². The third kappa shape index (κ3) is 2.58. The Morgan fingerprint density at radius 1 is 1.38 bits per heavy atom. The van der Waals surface area contributed by atoms with Crippen LogP contribution >= 0.6 is 0 Å². The monoisotopic (exact) mass is 218 g/mol. The molecule has 0 aliphatic rings. The Labute approximate surface area is 93.9 Å². The second kappa shape index (κ2) is 5.27. The maximum atomic E-state index is 4.95. The Kier molecular flexibility index (Phi) is 3.50. The average molecular weight is 218 g/mol. The molecule has 0 radical (unpaired) electrons. The summed E-state index contributed by atoms with van der Waals surface area (Å²) in [6.45, 7) is 1.41. The third-order valence-electron chi connectivity index (χ3n) is 2.18. The van der Waals surface area contributed by atoms with E-state index in [1.165, 1.54) is 0 Å². The van der Waals surface area contributed by atoms with Crippen LogP contribution in [-0.4, -0.2) is 35.4 Å².